The zero-order valence-electron chi connectivity index (χ0n) is 16.7. The molecule has 2 aliphatic heterocycles. The highest BCUT2D eigenvalue weighted by molar-refractivity contribution is 8.03. The van der Waals surface area contributed by atoms with E-state index in [2.05, 4.69) is 43.9 Å². The van der Waals surface area contributed by atoms with E-state index in [0.717, 1.165) is 10.6 Å². The second-order valence-electron chi connectivity index (χ2n) is 7.63. The summed E-state index contributed by atoms with van der Waals surface area (Å²) in [4.78, 5) is 17.1. The molecule has 4 nitrogen and oxygen atoms in total. The predicted octanol–water partition coefficient (Wildman–Crippen LogP) is 5.48. The van der Waals surface area contributed by atoms with Gasteiger partial charge >= 0.3 is 0 Å². The summed E-state index contributed by atoms with van der Waals surface area (Å²) in [5.41, 5.74) is 6.29. The van der Waals surface area contributed by atoms with Gasteiger partial charge in [-0.2, -0.15) is 5.26 Å². The van der Waals surface area contributed by atoms with Crippen LogP contribution in [-0.4, -0.2) is 23.4 Å². The Morgan fingerprint density at radius 1 is 1.17 bits per heavy atom. The Labute approximate surface area is 180 Å². The average molecular weight is 424 g/mol. The van der Waals surface area contributed by atoms with Gasteiger partial charge in [0.05, 0.1) is 29.2 Å². The number of nitrogens with zero attached hydrogens (tertiary/aromatic N) is 3. The summed E-state index contributed by atoms with van der Waals surface area (Å²) >= 11 is 7.94. The maximum absolute atomic E-state index is 13.1. The van der Waals surface area contributed by atoms with Crippen molar-refractivity contribution < 1.29 is 4.79 Å². The van der Waals surface area contributed by atoms with E-state index in [0.29, 0.717) is 23.1 Å². The lowest BCUT2D eigenvalue weighted by Gasteiger charge is -2.43. The maximum Gasteiger partial charge on any atom is 0.229 e. The Morgan fingerprint density at radius 2 is 1.86 bits per heavy atom. The normalized spacial score (nSPS) is 19.3. The van der Waals surface area contributed by atoms with Crippen LogP contribution in [0.5, 0.6) is 0 Å². The minimum Gasteiger partial charge on any atom is -0.343 e. The van der Waals surface area contributed by atoms with Crippen molar-refractivity contribution in [2.24, 2.45) is 0 Å². The molecular formula is C23H22ClN3OS. The molecule has 29 heavy (non-hydrogen) atoms. The Balaban J connectivity index is 1.71. The molecule has 6 heteroatoms. The molecule has 148 valence electrons. The number of fused-ring (bicyclic) bond motifs is 1. The third-order valence-corrected chi connectivity index (χ3v) is 7.02. The number of carbonyl (C=O) groups excluding carboxylic acids is 1. The number of hydrogen-bond donors (Lipinski definition) is 0. The van der Waals surface area contributed by atoms with Gasteiger partial charge in [0.15, 0.2) is 0 Å². The molecule has 2 aromatic rings. The van der Waals surface area contributed by atoms with Crippen molar-refractivity contribution in [3.63, 3.8) is 0 Å². The van der Waals surface area contributed by atoms with Crippen LogP contribution in [0.2, 0.25) is 5.02 Å². The number of benzene rings is 2. The number of anilines is 1. The zero-order chi connectivity index (χ0) is 20.7. The van der Waals surface area contributed by atoms with Crippen molar-refractivity contribution >= 4 is 35.0 Å². The number of nitriles is 1. The third-order valence-electron chi connectivity index (χ3n) is 5.53. The van der Waals surface area contributed by atoms with Crippen LogP contribution in [0.4, 0.5) is 5.69 Å². The highest BCUT2D eigenvalue weighted by atomic mass is 35.5. The van der Waals surface area contributed by atoms with E-state index in [4.69, 9.17) is 11.6 Å². The van der Waals surface area contributed by atoms with E-state index in [-0.39, 0.29) is 18.2 Å². The van der Waals surface area contributed by atoms with Crippen molar-refractivity contribution in [3.8, 4) is 6.07 Å². The first-order valence-electron chi connectivity index (χ1n) is 9.55. The second-order valence-corrected chi connectivity index (χ2v) is 8.97. The molecule has 4 rings (SSSR count). The monoisotopic (exact) mass is 423 g/mol. The summed E-state index contributed by atoms with van der Waals surface area (Å²) in [6, 6.07) is 14.2. The summed E-state index contributed by atoms with van der Waals surface area (Å²) in [6.45, 7) is 6.78. The lowest BCUT2D eigenvalue weighted by molar-refractivity contribution is -0.129. The average Bonchev–Trinajstić information content (AvgIpc) is 2.68. The Morgan fingerprint density at radius 3 is 2.52 bits per heavy atom. The van der Waals surface area contributed by atoms with Crippen LogP contribution in [0.25, 0.3) is 0 Å². The van der Waals surface area contributed by atoms with Gasteiger partial charge in [-0.3, -0.25) is 9.69 Å². The van der Waals surface area contributed by atoms with E-state index < -0.39 is 0 Å². The molecular weight excluding hydrogens is 402 g/mol. The van der Waals surface area contributed by atoms with Crippen LogP contribution in [0.15, 0.2) is 47.0 Å². The SMILES string of the molecule is Cc1cc(C)c(N2CSC3=C(C#N)[C@@H](c4ccccc4Cl)CC(=O)N3C2)c(C)c1. The van der Waals surface area contributed by atoms with Gasteiger partial charge in [0.25, 0.3) is 0 Å². The van der Waals surface area contributed by atoms with Crippen LogP contribution in [0.3, 0.4) is 0 Å². The van der Waals surface area contributed by atoms with Crippen molar-refractivity contribution in [1.29, 1.82) is 5.26 Å². The molecule has 0 unspecified atom stereocenters. The Bertz CT molecular complexity index is 1050. The van der Waals surface area contributed by atoms with Crippen LogP contribution < -0.4 is 4.90 Å². The molecule has 1 fully saturated rings. The molecule has 0 spiro atoms. The largest absolute Gasteiger partial charge is 0.343 e. The fraction of sp³-hybridized carbons (Fsp3) is 0.304. The molecule has 2 aliphatic rings. The minimum absolute atomic E-state index is 0.0311. The second kappa shape index (κ2) is 7.78. The quantitative estimate of drug-likeness (QED) is 0.641. The van der Waals surface area contributed by atoms with Gasteiger partial charge in [0.2, 0.25) is 5.91 Å². The van der Waals surface area contributed by atoms with Crippen LogP contribution in [-0.2, 0) is 4.79 Å². The zero-order valence-corrected chi connectivity index (χ0v) is 18.3. The number of aryl methyl sites for hydroxylation is 3. The molecule has 0 aromatic heterocycles. The van der Waals surface area contributed by atoms with Gasteiger partial charge in [-0.25, -0.2) is 0 Å². The predicted molar refractivity (Wildman–Crippen MR) is 119 cm³/mol. The first-order valence-corrected chi connectivity index (χ1v) is 10.9. The number of carbonyl (C=O) groups is 1. The van der Waals surface area contributed by atoms with Gasteiger partial charge in [0, 0.05) is 23.0 Å². The van der Waals surface area contributed by atoms with E-state index in [1.807, 2.05) is 24.3 Å². The summed E-state index contributed by atoms with van der Waals surface area (Å²) in [5.74, 6) is 0.447. The molecule has 0 saturated carbocycles. The minimum atomic E-state index is -0.283. The summed E-state index contributed by atoms with van der Waals surface area (Å²) < 4.78 is 0. The molecule has 2 heterocycles. The Kier molecular flexibility index (Phi) is 5.33. The first kappa shape index (κ1) is 19.9. The van der Waals surface area contributed by atoms with E-state index in [9.17, 15) is 10.1 Å². The van der Waals surface area contributed by atoms with Crippen molar-refractivity contribution in [3.05, 3.63) is 74.3 Å². The first-order chi connectivity index (χ1) is 13.9. The number of thioether (sulfide) groups is 1. The summed E-state index contributed by atoms with van der Waals surface area (Å²) in [7, 11) is 0. The highest BCUT2D eigenvalue weighted by Crippen LogP contribution is 2.45. The lowest BCUT2D eigenvalue weighted by Crippen LogP contribution is -2.47. The van der Waals surface area contributed by atoms with Crippen LogP contribution in [0, 0.1) is 32.1 Å². The molecule has 1 saturated heterocycles. The smallest absolute Gasteiger partial charge is 0.229 e. The molecule has 2 aromatic carbocycles. The van der Waals surface area contributed by atoms with Crippen molar-refractivity contribution in [1.82, 2.24) is 4.90 Å². The summed E-state index contributed by atoms with van der Waals surface area (Å²) in [6.07, 6.45) is 0.260. The molecule has 1 atom stereocenters. The van der Waals surface area contributed by atoms with Gasteiger partial charge in [-0.1, -0.05) is 59.3 Å². The highest BCUT2D eigenvalue weighted by Gasteiger charge is 2.39. The molecule has 1 amide bonds. The van der Waals surface area contributed by atoms with E-state index >= 15 is 0 Å². The maximum atomic E-state index is 13.1. The fourth-order valence-electron chi connectivity index (χ4n) is 4.40. The van der Waals surface area contributed by atoms with Gasteiger partial charge in [-0.15, -0.1) is 0 Å². The topological polar surface area (TPSA) is 47.3 Å². The molecule has 0 aliphatic carbocycles. The van der Waals surface area contributed by atoms with E-state index in [1.165, 1.54) is 22.4 Å². The summed E-state index contributed by atoms with van der Waals surface area (Å²) in [5, 5.41) is 11.3. The number of halogens is 1. The standard InChI is InChI=1S/C23H22ClN3OS/c1-14-8-15(2)22(16(3)9-14)26-12-27-21(28)10-18(17-6-4-5-7-20(17)24)19(11-25)23(27)29-13-26/h4-9,18H,10,12-13H2,1-3H3/t18-/m1/s1. The van der Waals surface area contributed by atoms with Gasteiger partial charge < -0.3 is 4.90 Å². The fourth-order valence-corrected chi connectivity index (χ4v) is 5.81. The number of amides is 1. The van der Waals surface area contributed by atoms with Crippen molar-refractivity contribution in [2.75, 3.05) is 17.4 Å². The number of allylic oxidation sites excluding steroid dienone is 1. The Hall–Kier alpha value is -2.42. The lowest BCUT2D eigenvalue weighted by atomic mass is 9.86. The van der Waals surface area contributed by atoms with Crippen molar-refractivity contribution in [2.45, 2.75) is 33.1 Å². The number of rotatable bonds is 2. The van der Waals surface area contributed by atoms with Gasteiger partial charge in [-0.05, 0) is 43.5 Å². The van der Waals surface area contributed by atoms with Crippen LogP contribution >= 0.6 is 23.4 Å². The molecule has 0 N–H and O–H groups in total. The van der Waals surface area contributed by atoms with Crippen LogP contribution in [0.1, 0.15) is 34.6 Å². The number of hydrogen-bond acceptors (Lipinski definition) is 4. The third kappa shape index (κ3) is 3.52. The molecule has 0 radical (unpaired) electrons. The van der Waals surface area contributed by atoms with Gasteiger partial charge in [0.1, 0.15) is 0 Å². The van der Waals surface area contributed by atoms with E-state index in [1.54, 1.807) is 16.7 Å². The molecule has 0 bridgehead atoms.